The average molecular weight is 754 g/mol. The molecule has 0 saturated heterocycles. The van der Waals surface area contributed by atoms with E-state index < -0.39 is 0 Å². The Morgan fingerprint density at radius 1 is 0.288 bits per heavy atom. The van der Waals surface area contributed by atoms with Gasteiger partial charge in [0.25, 0.3) is 0 Å². The topological polar surface area (TPSA) is 29.5 Å². The minimum Gasteiger partial charge on any atom is -0.456 e. The fourth-order valence-electron chi connectivity index (χ4n) is 9.06. The number of benzene rings is 10. The van der Waals surface area contributed by atoms with Gasteiger partial charge in [0.2, 0.25) is 0 Å². The zero-order chi connectivity index (χ0) is 38.9. The second-order valence-corrected chi connectivity index (χ2v) is 15.2. The number of nitrogens with zero attached hydrogens (tertiary/aromatic N) is 1. The van der Waals surface area contributed by atoms with Gasteiger partial charge in [-0.25, -0.2) is 0 Å². The highest BCUT2D eigenvalue weighted by Crippen LogP contribution is 2.46. The number of rotatable bonds is 6. The van der Waals surface area contributed by atoms with Crippen molar-refractivity contribution in [3.8, 4) is 33.4 Å². The molecule has 0 aliphatic carbocycles. The molecule has 0 fully saturated rings. The fraction of sp³-hybridized carbons (Fsp3) is 0. The standard InChI is InChI=1S/C56H35NO2/c1-3-17-43-37(12-1)14-10-21-44(43)40-15-9-16-42(34-40)57(41-30-26-36(27-31-41)39-29-32-48-47-20-6-8-25-53(47)58-54(48)35-39)52-24-7-5-19-46(52)49-22-11-23-50-51-33-28-38-13-2-4-18-45(38)55(51)59-56(49)50/h1-35H. The molecule has 0 spiro atoms. The summed E-state index contributed by atoms with van der Waals surface area (Å²) in [5, 5.41) is 9.22. The van der Waals surface area contributed by atoms with Gasteiger partial charge < -0.3 is 13.7 Å². The van der Waals surface area contributed by atoms with Crippen molar-refractivity contribution >= 4 is 82.5 Å². The van der Waals surface area contributed by atoms with E-state index in [0.29, 0.717) is 0 Å². The smallest absolute Gasteiger partial charge is 0.143 e. The first kappa shape index (κ1) is 33.3. The molecule has 12 aromatic rings. The summed E-state index contributed by atoms with van der Waals surface area (Å²) in [6.45, 7) is 0. The van der Waals surface area contributed by atoms with Crippen molar-refractivity contribution < 1.29 is 8.83 Å². The predicted octanol–water partition coefficient (Wildman–Crippen LogP) is 16.3. The SMILES string of the molecule is c1cc(-c2cccc3ccccc23)cc(N(c2ccc(-c3ccc4c(c3)oc3ccccc34)cc2)c2ccccc2-c2cccc3c2oc2c4ccccc4ccc32)c1. The van der Waals surface area contributed by atoms with E-state index in [9.17, 15) is 0 Å². The van der Waals surface area contributed by atoms with Crippen molar-refractivity contribution in [2.45, 2.75) is 0 Å². The van der Waals surface area contributed by atoms with E-state index in [4.69, 9.17) is 8.83 Å². The molecule has 59 heavy (non-hydrogen) atoms. The molecule has 0 atom stereocenters. The van der Waals surface area contributed by atoms with Crippen molar-refractivity contribution in [1.29, 1.82) is 0 Å². The first-order valence-corrected chi connectivity index (χ1v) is 20.1. The van der Waals surface area contributed by atoms with Crippen molar-refractivity contribution in [2.24, 2.45) is 0 Å². The Morgan fingerprint density at radius 3 is 1.80 bits per heavy atom. The number of hydrogen-bond donors (Lipinski definition) is 0. The third-order valence-electron chi connectivity index (χ3n) is 11.9. The molecule has 0 saturated carbocycles. The van der Waals surface area contributed by atoms with E-state index >= 15 is 0 Å². The lowest BCUT2D eigenvalue weighted by atomic mass is 9.96. The number of furan rings is 2. The molecule has 0 radical (unpaired) electrons. The number of para-hydroxylation sites is 3. The van der Waals surface area contributed by atoms with Gasteiger partial charge in [0.05, 0.1) is 5.69 Å². The van der Waals surface area contributed by atoms with Crippen molar-refractivity contribution in [1.82, 2.24) is 0 Å². The molecule has 0 amide bonds. The van der Waals surface area contributed by atoms with Crippen LogP contribution in [0.15, 0.2) is 221 Å². The monoisotopic (exact) mass is 753 g/mol. The highest BCUT2D eigenvalue weighted by Gasteiger charge is 2.22. The van der Waals surface area contributed by atoms with Gasteiger partial charge in [-0.3, -0.25) is 0 Å². The van der Waals surface area contributed by atoms with Gasteiger partial charge in [-0.15, -0.1) is 0 Å². The minimum absolute atomic E-state index is 0.882. The van der Waals surface area contributed by atoms with Crippen molar-refractivity contribution in [2.75, 3.05) is 4.90 Å². The lowest BCUT2D eigenvalue weighted by Crippen LogP contribution is -2.11. The van der Waals surface area contributed by atoms with E-state index in [1.165, 1.54) is 21.7 Å². The summed E-state index contributed by atoms with van der Waals surface area (Å²) >= 11 is 0. The second-order valence-electron chi connectivity index (χ2n) is 15.2. The normalized spacial score (nSPS) is 11.7. The Balaban J connectivity index is 1.04. The molecule has 2 heterocycles. The third kappa shape index (κ3) is 5.44. The Bertz CT molecular complexity index is 3570. The van der Waals surface area contributed by atoms with Gasteiger partial charge >= 0.3 is 0 Å². The van der Waals surface area contributed by atoms with E-state index in [-0.39, 0.29) is 0 Å². The summed E-state index contributed by atoms with van der Waals surface area (Å²) in [5.41, 5.74) is 13.5. The number of hydrogen-bond acceptors (Lipinski definition) is 3. The predicted molar refractivity (Wildman–Crippen MR) is 247 cm³/mol. The van der Waals surface area contributed by atoms with Gasteiger partial charge in [-0.05, 0) is 93.0 Å². The van der Waals surface area contributed by atoms with Crippen LogP contribution in [-0.2, 0) is 0 Å². The second kappa shape index (κ2) is 13.4. The third-order valence-corrected chi connectivity index (χ3v) is 11.9. The van der Waals surface area contributed by atoms with Gasteiger partial charge in [-0.2, -0.15) is 0 Å². The van der Waals surface area contributed by atoms with Gasteiger partial charge in [0, 0.05) is 49.4 Å². The lowest BCUT2D eigenvalue weighted by Gasteiger charge is -2.28. The van der Waals surface area contributed by atoms with Crippen LogP contribution in [0.3, 0.4) is 0 Å². The lowest BCUT2D eigenvalue weighted by molar-refractivity contribution is 0.669. The van der Waals surface area contributed by atoms with Gasteiger partial charge in [0.1, 0.15) is 22.3 Å². The van der Waals surface area contributed by atoms with Crippen LogP contribution in [-0.4, -0.2) is 0 Å². The Hall–Kier alpha value is -7.88. The summed E-state index contributed by atoms with van der Waals surface area (Å²) in [7, 11) is 0. The van der Waals surface area contributed by atoms with Crippen LogP contribution < -0.4 is 4.90 Å². The summed E-state index contributed by atoms with van der Waals surface area (Å²) in [6.07, 6.45) is 0. The van der Waals surface area contributed by atoms with Crippen LogP contribution >= 0.6 is 0 Å². The van der Waals surface area contributed by atoms with Crippen LogP contribution in [0.5, 0.6) is 0 Å². The molecular formula is C56H35NO2. The maximum absolute atomic E-state index is 6.90. The quantitative estimate of drug-likeness (QED) is 0.169. The largest absolute Gasteiger partial charge is 0.456 e. The molecule has 0 bridgehead atoms. The van der Waals surface area contributed by atoms with E-state index in [2.05, 4.69) is 205 Å². The molecule has 3 nitrogen and oxygen atoms in total. The average Bonchev–Trinajstić information content (AvgIpc) is 3.88. The van der Waals surface area contributed by atoms with Crippen LogP contribution in [0.1, 0.15) is 0 Å². The van der Waals surface area contributed by atoms with Crippen molar-refractivity contribution in [3.63, 3.8) is 0 Å². The van der Waals surface area contributed by atoms with Crippen molar-refractivity contribution in [3.05, 3.63) is 212 Å². The Morgan fingerprint density at radius 2 is 0.898 bits per heavy atom. The molecule has 2 aromatic heterocycles. The highest BCUT2D eigenvalue weighted by atomic mass is 16.3. The van der Waals surface area contributed by atoms with Crippen LogP contribution in [0, 0.1) is 0 Å². The van der Waals surface area contributed by atoms with E-state index in [1.807, 2.05) is 12.1 Å². The maximum atomic E-state index is 6.90. The maximum Gasteiger partial charge on any atom is 0.143 e. The minimum atomic E-state index is 0.882. The zero-order valence-corrected chi connectivity index (χ0v) is 32.0. The van der Waals surface area contributed by atoms with E-state index in [1.54, 1.807) is 0 Å². The molecule has 0 aliphatic heterocycles. The summed E-state index contributed by atoms with van der Waals surface area (Å²) in [6, 6.07) is 75.8. The molecule has 12 rings (SSSR count). The molecule has 10 aromatic carbocycles. The molecule has 276 valence electrons. The van der Waals surface area contributed by atoms with Crippen LogP contribution in [0.25, 0.3) is 98.8 Å². The number of anilines is 3. The van der Waals surface area contributed by atoms with Crippen LogP contribution in [0.4, 0.5) is 17.1 Å². The Labute approximate surface area is 340 Å². The molecular weight excluding hydrogens is 719 g/mol. The summed E-state index contributed by atoms with van der Waals surface area (Å²) in [5.74, 6) is 0. The summed E-state index contributed by atoms with van der Waals surface area (Å²) in [4.78, 5) is 2.38. The summed E-state index contributed by atoms with van der Waals surface area (Å²) < 4.78 is 13.2. The van der Waals surface area contributed by atoms with Crippen LogP contribution in [0.2, 0.25) is 0 Å². The zero-order valence-electron chi connectivity index (χ0n) is 32.0. The van der Waals surface area contributed by atoms with Gasteiger partial charge in [-0.1, -0.05) is 158 Å². The van der Waals surface area contributed by atoms with E-state index in [0.717, 1.165) is 94.1 Å². The Kier molecular flexibility index (Phi) is 7.54. The highest BCUT2D eigenvalue weighted by molar-refractivity contribution is 6.18. The number of fused-ring (bicyclic) bond motifs is 9. The molecule has 0 aliphatic rings. The molecule has 0 unspecified atom stereocenters. The molecule has 0 N–H and O–H groups in total. The fourth-order valence-corrected chi connectivity index (χ4v) is 9.06. The molecule has 3 heteroatoms. The first-order chi connectivity index (χ1) is 29.2. The van der Waals surface area contributed by atoms with Gasteiger partial charge in [0.15, 0.2) is 0 Å². The first-order valence-electron chi connectivity index (χ1n) is 20.1.